The van der Waals surface area contributed by atoms with Gasteiger partial charge in [0, 0.05) is 38.1 Å². The van der Waals surface area contributed by atoms with E-state index in [0.29, 0.717) is 12.1 Å². The first kappa shape index (κ1) is 18.4. The molecule has 2 aromatic rings. The van der Waals surface area contributed by atoms with E-state index in [0.717, 1.165) is 49.9 Å². The summed E-state index contributed by atoms with van der Waals surface area (Å²) in [5.41, 5.74) is 3.98. The molecule has 2 N–H and O–H groups in total. The molecule has 0 unspecified atom stereocenters. The third-order valence-electron chi connectivity index (χ3n) is 4.49. The van der Waals surface area contributed by atoms with Crippen LogP contribution in [0.15, 0.2) is 36.5 Å². The van der Waals surface area contributed by atoms with Gasteiger partial charge in [0.25, 0.3) is 5.91 Å². The lowest BCUT2D eigenvalue weighted by atomic mass is 10.1. The highest BCUT2D eigenvalue weighted by Gasteiger charge is 2.11. The van der Waals surface area contributed by atoms with Crippen molar-refractivity contribution in [2.45, 2.75) is 13.8 Å². The summed E-state index contributed by atoms with van der Waals surface area (Å²) >= 11 is 0. The molecule has 1 fully saturated rings. The Balaban J connectivity index is 1.50. The second-order valence-electron chi connectivity index (χ2n) is 6.59. The number of nitrogens with one attached hydrogen (secondary N) is 2. The maximum Gasteiger partial charge on any atom is 0.252 e. The Bertz CT molecular complexity index is 740. The number of benzene rings is 1. The number of anilines is 2. The Morgan fingerprint density at radius 3 is 2.69 bits per heavy atom. The number of aromatic nitrogens is 1. The Morgan fingerprint density at radius 1 is 1.19 bits per heavy atom. The zero-order valence-corrected chi connectivity index (χ0v) is 15.4. The molecule has 6 heteroatoms. The first-order chi connectivity index (χ1) is 12.6. The van der Waals surface area contributed by atoms with E-state index < -0.39 is 0 Å². The van der Waals surface area contributed by atoms with E-state index in [2.05, 4.69) is 46.5 Å². The molecule has 0 atom stereocenters. The van der Waals surface area contributed by atoms with Gasteiger partial charge in [-0.15, -0.1) is 0 Å². The van der Waals surface area contributed by atoms with Crippen LogP contribution in [0, 0.1) is 13.8 Å². The third-order valence-corrected chi connectivity index (χ3v) is 4.49. The number of morpholine rings is 1. The Kier molecular flexibility index (Phi) is 6.20. The monoisotopic (exact) mass is 354 g/mol. The molecule has 3 rings (SSSR count). The van der Waals surface area contributed by atoms with Gasteiger partial charge in [-0.2, -0.15) is 0 Å². The van der Waals surface area contributed by atoms with Crippen LogP contribution in [-0.2, 0) is 4.74 Å². The number of carbonyl (C=O) groups is 1. The highest BCUT2D eigenvalue weighted by Crippen LogP contribution is 2.20. The molecule has 0 radical (unpaired) electrons. The SMILES string of the molecule is Cc1ccc(Nc2ccc(C(=O)NCCN3CCOCC3)cn2)c(C)c1. The summed E-state index contributed by atoms with van der Waals surface area (Å²) in [5, 5.41) is 6.24. The highest BCUT2D eigenvalue weighted by atomic mass is 16.5. The lowest BCUT2D eigenvalue weighted by Crippen LogP contribution is -2.41. The molecule has 1 saturated heterocycles. The predicted molar refractivity (Wildman–Crippen MR) is 103 cm³/mol. The summed E-state index contributed by atoms with van der Waals surface area (Å²) in [7, 11) is 0. The summed E-state index contributed by atoms with van der Waals surface area (Å²) in [4.78, 5) is 18.9. The summed E-state index contributed by atoms with van der Waals surface area (Å²) < 4.78 is 5.32. The number of hydrogen-bond acceptors (Lipinski definition) is 5. The van der Waals surface area contributed by atoms with E-state index in [9.17, 15) is 4.79 Å². The van der Waals surface area contributed by atoms with Crippen molar-refractivity contribution in [3.8, 4) is 0 Å². The predicted octanol–water partition coefficient (Wildman–Crippen LogP) is 2.50. The first-order valence-corrected chi connectivity index (χ1v) is 9.00. The van der Waals surface area contributed by atoms with Crippen molar-refractivity contribution in [2.24, 2.45) is 0 Å². The highest BCUT2D eigenvalue weighted by molar-refractivity contribution is 5.94. The summed E-state index contributed by atoms with van der Waals surface area (Å²) in [5.74, 6) is 0.630. The summed E-state index contributed by atoms with van der Waals surface area (Å²) in [6, 6.07) is 9.85. The van der Waals surface area contributed by atoms with Gasteiger partial charge in [-0.3, -0.25) is 9.69 Å². The Morgan fingerprint density at radius 2 is 2.00 bits per heavy atom. The molecule has 0 saturated carbocycles. The van der Waals surface area contributed by atoms with E-state index in [1.165, 1.54) is 5.56 Å². The van der Waals surface area contributed by atoms with Crippen LogP contribution in [0.1, 0.15) is 21.5 Å². The van der Waals surface area contributed by atoms with Gasteiger partial charge in [0.05, 0.1) is 18.8 Å². The minimum Gasteiger partial charge on any atom is -0.379 e. The molecule has 6 nitrogen and oxygen atoms in total. The van der Waals surface area contributed by atoms with Crippen molar-refractivity contribution in [3.05, 3.63) is 53.2 Å². The molecule has 1 amide bonds. The van der Waals surface area contributed by atoms with Gasteiger partial charge in [-0.05, 0) is 37.6 Å². The summed E-state index contributed by atoms with van der Waals surface area (Å²) in [6.07, 6.45) is 1.61. The quantitative estimate of drug-likeness (QED) is 0.834. The third kappa shape index (κ3) is 5.03. The molecule has 0 spiro atoms. The number of pyridine rings is 1. The van der Waals surface area contributed by atoms with E-state index in [1.54, 1.807) is 12.3 Å². The molecular weight excluding hydrogens is 328 g/mol. The molecule has 1 aromatic carbocycles. The Hall–Kier alpha value is -2.44. The van der Waals surface area contributed by atoms with Crippen LogP contribution in [0.2, 0.25) is 0 Å². The van der Waals surface area contributed by atoms with Crippen LogP contribution >= 0.6 is 0 Å². The van der Waals surface area contributed by atoms with Gasteiger partial charge in [0.15, 0.2) is 0 Å². The topological polar surface area (TPSA) is 66.5 Å². The number of rotatable bonds is 6. The second-order valence-corrected chi connectivity index (χ2v) is 6.59. The van der Waals surface area contributed by atoms with Crippen LogP contribution in [0.3, 0.4) is 0 Å². The summed E-state index contributed by atoms with van der Waals surface area (Å²) in [6.45, 7) is 9.00. The molecular formula is C20H26N4O2. The van der Waals surface area contributed by atoms with Gasteiger partial charge in [0.2, 0.25) is 0 Å². The molecule has 138 valence electrons. The lowest BCUT2D eigenvalue weighted by Gasteiger charge is -2.26. The molecule has 0 aliphatic carbocycles. The maximum atomic E-state index is 12.2. The second kappa shape index (κ2) is 8.78. The van der Waals surface area contributed by atoms with E-state index in [4.69, 9.17) is 4.74 Å². The van der Waals surface area contributed by atoms with E-state index in [1.807, 2.05) is 12.1 Å². The van der Waals surface area contributed by atoms with Gasteiger partial charge >= 0.3 is 0 Å². The van der Waals surface area contributed by atoms with E-state index >= 15 is 0 Å². The largest absolute Gasteiger partial charge is 0.379 e. The smallest absolute Gasteiger partial charge is 0.252 e. The molecule has 26 heavy (non-hydrogen) atoms. The minimum atomic E-state index is -0.0937. The lowest BCUT2D eigenvalue weighted by molar-refractivity contribution is 0.0383. The first-order valence-electron chi connectivity index (χ1n) is 9.00. The van der Waals surface area contributed by atoms with Crippen molar-refractivity contribution in [2.75, 3.05) is 44.7 Å². The van der Waals surface area contributed by atoms with Crippen molar-refractivity contribution >= 4 is 17.4 Å². The van der Waals surface area contributed by atoms with Crippen molar-refractivity contribution in [1.82, 2.24) is 15.2 Å². The molecule has 0 bridgehead atoms. The molecule has 1 aliphatic rings. The zero-order valence-electron chi connectivity index (χ0n) is 15.4. The molecule has 1 aliphatic heterocycles. The molecule has 2 heterocycles. The number of aryl methyl sites for hydroxylation is 2. The number of amides is 1. The van der Waals surface area contributed by atoms with Crippen LogP contribution in [-0.4, -0.2) is 55.2 Å². The zero-order chi connectivity index (χ0) is 18.4. The van der Waals surface area contributed by atoms with Crippen LogP contribution in [0.4, 0.5) is 11.5 Å². The van der Waals surface area contributed by atoms with Crippen molar-refractivity contribution < 1.29 is 9.53 Å². The normalized spacial score (nSPS) is 14.8. The number of ether oxygens (including phenoxy) is 1. The van der Waals surface area contributed by atoms with E-state index in [-0.39, 0.29) is 5.91 Å². The van der Waals surface area contributed by atoms with Gasteiger partial charge in [-0.1, -0.05) is 17.7 Å². The average molecular weight is 354 g/mol. The fourth-order valence-corrected chi connectivity index (χ4v) is 2.95. The van der Waals surface area contributed by atoms with Gasteiger partial charge in [-0.25, -0.2) is 4.98 Å². The fourth-order valence-electron chi connectivity index (χ4n) is 2.95. The maximum absolute atomic E-state index is 12.2. The standard InChI is InChI=1S/C20H26N4O2/c1-15-3-5-18(16(2)13-15)23-19-6-4-17(14-22-19)20(25)21-7-8-24-9-11-26-12-10-24/h3-6,13-14H,7-12H2,1-2H3,(H,21,25)(H,22,23). The van der Waals surface area contributed by atoms with Crippen LogP contribution < -0.4 is 10.6 Å². The van der Waals surface area contributed by atoms with Crippen molar-refractivity contribution in [1.29, 1.82) is 0 Å². The van der Waals surface area contributed by atoms with Crippen molar-refractivity contribution in [3.63, 3.8) is 0 Å². The number of hydrogen-bond donors (Lipinski definition) is 2. The van der Waals surface area contributed by atoms with Gasteiger partial charge in [0.1, 0.15) is 5.82 Å². The van der Waals surface area contributed by atoms with Gasteiger partial charge < -0.3 is 15.4 Å². The minimum absolute atomic E-state index is 0.0937. The average Bonchev–Trinajstić information content (AvgIpc) is 2.65. The number of nitrogens with zero attached hydrogens (tertiary/aromatic N) is 2. The fraction of sp³-hybridized carbons (Fsp3) is 0.400. The van der Waals surface area contributed by atoms with Crippen LogP contribution in [0.25, 0.3) is 0 Å². The molecule has 1 aromatic heterocycles. The Labute approximate surface area is 154 Å². The number of carbonyl (C=O) groups excluding carboxylic acids is 1. The van der Waals surface area contributed by atoms with Crippen LogP contribution in [0.5, 0.6) is 0 Å².